The molecular formula is C29H36N4O3. The van der Waals surface area contributed by atoms with Crippen molar-refractivity contribution in [2.75, 3.05) is 26.7 Å². The molecular weight excluding hydrogens is 452 g/mol. The Hall–Kier alpha value is -3.16. The van der Waals surface area contributed by atoms with Crippen molar-refractivity contribution in [1.82, 2.24) is 19.6 Å². The van der Waals surface area contributed by atoms with Crippen LogP contribution in [0.15, 0.2) is 42.5 Å². The molecule has 0 bridgehead atoms. The van der Waals surface area contributed by atoms with Gasteiger partial charge in [0.15, 0.2) is 5.69 Å². The number of aromatic nitrogens is 2. The van der Waals surface area contributed by atoms with Crippen LogP contribution in [0.25, 0.3) is 0 Å². The normalized spacial score (nSPS) is 18.2. The Bertz CT molecular complexity index is 1230. The molecule has 0 radical (unpaired) electrons. The van der Waals surface area contributed by atoms with Gasteiger partial charge in [-0.25, -0.2) is 0 Å². The number of β-amino-alcohol motifs (C(OH)–C–C–N with tert-alkyl or cyclic N) is 1. The van der Waals surface area contributed by atoms with Crippen molar-refractivity contribution in [2.45, 2.75) is 58.8 Å². The molecule has 190 valence electrons. The molecule has 7 heteroatoms. The van der Waals surface area contributed by atoms with E-state index in [2.05, 4.69) is 43.0 Å². The Morgan fingerprint density at radius 2 is 1.89 bits per heavy atom. The number of aryl methyl sites for hydroxylation is 2. The fourth-order valence-corrected chi connectivity index (χ4v) is 5.64. The average molecular weight is 489 g/mol. The van der Waals surface area contributed by atoms with Gasteiger partial charge in [-0.05, 0) is 49.9 Å². The third-order valence-electron chi connectivity index (χ3n) is 7.25. The van der Waals surface area contributed by atoms with Crippen molar-refractivity contribution < 1.29 is 14.6 Å². The maximum atomic E-state index is 13.6. The van der Waals surface area contributed by atoms with Crippen molar-refractivity contribution in [3.05, 3.63) is 81.7 Å². The number of hydrogen-bond acceptors (Lipinski definition) is 5. The van der Waals surface area contributed by atoms with Crippen LogP contribution in [-0.4, -0.2) is 63.4 Å². The number of benzene rings is 2. The van der Waals surface area contributed by atoms with Gasteiger partial charge in [0, 0.05) is 50.4 Å². The predicted molar refractivity (Wildman–Crippen MR) is 139 cm³/mol. The van der Waals surface area contributed by atoms with E-state index in [4.69, 9.17) is 9.84 Å². The minimum Gasteiger partial charge on any atom is -0.497 e. The molecule has 0 aliphatic carbocycles. The molecule has 2 aliphatic rings. The van der Waals surface area contributed by atoms with Crippen LogP contribution < -0.4 is 4.74 Å². The first kappa shape index (κ1) is 24.5. The summed E-state index contributed by atoms with van der Waals surface area (Å²) in [5, 5.41) is 15.1. The molecule has 1 N–H and O–H groups in total. The Labute approximate surface area is 213 Å². The number of aliphatic hydroxyl groups excluding tert-OH is 1. The van der Waals surface area contributed by atoms with Crippen molar-refractivity contribution in [2.24, 2.45) is 0 Å². The zero-order chi connectivity index (χ0) is 25.2. The van der Waals surface area contributed by atoms with Gasteiger partial charge in [0.2, 0.25) is 0 Å². The lowest BCUT2D eigenvalue weighted by Crippen LogP contribution is -2.43. The highest BCUT2D eigenvalue weighted by Gasteiger charge is 2.32. The molecule has 1 aromatic heterocycles. The Morgan fingerprint density at radius 3 is 2.64 bits per heavy atom. The third-order valence-corrected chi connectivity index (χ3v) is 7.25. The van der Waals surface area contributed by atoms with Gasteiger partial charge in [0.1, 0.15) is 5.75 Å². The standard InChI is InChI=1S/C29H36N4O3/c1-20-12-21(2)14-23(13-20)16-31-11-9-27-26(19-31)28(29(35)32-10-5-7-24(34)18-32)30-33(27)17-22-6-4-8-25(15-22)36-3/h4,6,8,12-15,24,34H,5,7,9-11,16-19H2,1-3H3. The quantitative estimate of drug-likeness (QED) is 0.573. The maximum Gasteiger partial charge on any atom is 0.274 e. The summed E-state index contributed by atoms with van der Waals surface area (Å²) in [4.78, 5) is 17.8. The second kappa shape index (κ2) is 10.4. The molecule has 3 aromatic rings. The van der Waals surface area contributed by atoms with E-state index in [9.17, 15) is 9.90 Å². The largest absolute Gasteiger partial charge is 0.497 e. The highest BCUT2D eigenvalue weighted by molar-refractivity contribution is 5.94. The van der Waals surface area contributed by atoms with Gasteiger partial charge >= 0.3 is 0 Å². The van der Waals surface area contributed by atoms with Crippen molar-refractivity contribution in [3.8, 4) is 5.75 Å². The Kier molecular flexibility index (Phi) is 7.12. The van der Waals surface area contributed by atoms with Crippen LogP contribution in [-0.2, 0) is 26.1 Å². The summed E-state index contributed by atoms with van der Waals surface area (Å²) in [5.41, 5.74) is 7.62. The molecule has 36 heavy (non-hydrogen) atoms. The summed E-state index contributed by atoms with van der Waals surface area (Å²) in [7, 11) is 1.67. The van der Waals surface area contributed by atoms with Crippen molar-refractivity contribution >= 4 is 5.91 Å². The SMILES string of the molecule is COc1cccc(Cn2nc(C(=O)N3CCCC(O)C3)c3c2CCN(Cc2cc(C)cc(C)c2)C3)c1. The number of carbonyl (C=O) groups is 1. The second-order valence-electron chi connectivity index (χ2n) is 10.3. The van der Waals surface area contributed by atoms with E-state index in [1.807, 2.05) is 22.9 Å². The first-order valence-corrected chi connectivity index (χ1v) is 12.9. The van der Waals surface area contributed by atoms with Gasteiger partial charge in [-0.1, -0.05) is 41.5 Å². The molecule has 3 heterocycles. The van der Waals surface area contributed by atoms with Crippen LogP contribution >= 0.6 is 0 Å². The summed E-state index contributed by atoms with van der Waals surface area (Å²) in [6.07, 6.45) is 1.94. The van der Waals surface area contributed by atoms with Crippen LogP contribution in [0.3, 0.4) is 0 Å². The molecule has 0 saturated carbocycles. The number of piperidine rings is 1. The van der Waals surface area contributed by atoms with Gasteiger partial charge in [-0.15, -0.1) is 0 Å². The second-order valence-corrected chi connectivity index (χ2v) is 10.3. The molecule has 2 aromatic carbocycles. The van der Waals surface area contributed by atoms with Crippen LogP contribution in [0.1, 0.15) is 56.8 Å². The monoisotopic (exact) mass is 488 g/mol. The zero-order valence-corrected chi connectivity index (χ0v) is 21.5. The van der Waals surface area contributed by atoms with Crippen LogP contribution in [0.2, 0.25) is 0 Å². The number of methoxy groups -OCH3 is 1. The van der Waals surface area contributed by atoms with Gasteiger partial charge in [0.05, 0.1) is 19.8 Å². The maximum absolute atomic E-state index is 13.6. The number of fused-ring (bicyclic) bond motifs is 1. The number of ether oxygens (including phenoxy) is 1. The van der Waals surface area contributed by atoms with Gasteiger partial charge in [-0.2, -0.15) is 5.10 Å². The lowest BCUT2D eigenvalue weighted by Gasteiger charge is -2.31. The Balaban J connectivity index is 1.45. The van der Waals surface area contributed by atoms with E-state index < -0.39 is 6.10 Å². The highest BCUT2D eigenvalue weighted by atomic mass is 16.5. The zero-order valence-electron chi connectivity index (χ0n) is 21.5. The summed E-state index contributed by atoms with van der Waals surface area (Å²) in [6.45, 7) is 8.36. The molecule has 5 rings (SSSR count). The summed E-state index contributed by atoms with van der Waals surface area (Å²) >= 11 is 0. The molecule has 0 spiro atoms. The number of hydrogen-bond donors (Lipinski definition) is 1. The number of rotatable bonds is 6. The highest BCUT2D eigenvalue weighted by Crippen LogP contribution is 2.27. The van der Waals surface area contributed by atoms with Crippen molar-refractivity contribution in [1.29, 1.82) is 0 Å². The van der Waals surface area contributed by atoms with Gasteiger partial charge < -0.3 is 14.7 Å². The number of amides is 1. The van der Waals surface area contributed by atoms with Gasteiger partial charge in [0.25, 0.3) is 5.91 Å². The molecule has 1 saturated heterocycles. The molecule has 1 fully saturated rings. The summed E-state index contributed by atoms with van der Waals surface area (Å²) in [6, 6.07) is 14.7. The van der Waals surface area contributed by atoms with E-state index in [-0.39, 0.29) is 5.91 Å². The van der Waals surface area contributed by atoms with Crippen LogP contribution in [0.4, 0.5) is 0 Å². The summed E-state index contributed by atoms with van der Waals surface area (Å²) < 4.78 is 7.41. The average Bonchev–Trinajstić information content (AvgIpc) is 3.20. The van der Waals surface area contributed by atoms with E-state index in [1.54, 1.807) is 12.0 Å². The summed E-state index contributed by atoms with van der Waals surface area (Å²) in [5.74, 6) is 0.745. The van der Waals surface area contributed by atoms with Gasteiger partial charge in [-0.3, -0.25) is 14.4 Å². The fraction of sp³-hybridized carbons (Fsp3) is 0.448. The molecule has 2 aliphatic heterocycles. The number of nitrogens with zero attached hydrogens (tertiary/aromatic N) is 4. The molecule has 1 amide bonds. The van der Waals surface area contributed by atoms with E-state index in [0.717, 1.165) is 54.9 Å². The predicted octanol–water partition coefficient (Wildman–Crippen LogP) is 3.71. The van der Waals surface area contributed by atoms with Crippen LogP contribution in [0, 0.1) is 13.8 Å². The first-order chi connectivity index (χ1) is 17.4. The lowest BCUT2D eigenvalue weighted by molar-refractivity contribution is 0.0466. The van der Waals surface area contributed by atoms with E-state index in [1.165, 1.54) is 16.7 Å². The first-order valence-electron chi connectivity index (χ1n) is 12.9. The fourth-order valence-electron chi connectivity index (χ4n) is 5.64. The minimum atomic E-state index is -0.460. The number of carbonyl (C=O) groups excluding carboxylic acids is 1. The smallest absolute Gasteiger partial charge is 0.274 e. The Morgan fingerprint density at radius 1 is 1.08 bits per heavy atom. The van der Waals surface area contributed by atoms with Crippen LogP contribution in [0.5, 0.6) is 5.75 Å². The van der Waals surface area contributed by atoms with E-state index in [0.29, 0.717) is 31.9 Å². The molecule has 7 nitrogen and oxygen atoms in total. The van der Waals surface area contributed by atoms with E-state index >= 15 is 0 Å². The minimum absolute atomic E-state index is 0.0670. The molecule has 1 unspecified atom stereocenters. The van der Waals surface area contributed by atoms with Crippen molar-refractivity contribution in [3.63, 3.8) is 0 Å². The lowest BCUT2D eigenvalue weighted by atomic mass is 10.0. The third kappa shape index (κ3) is 5.32. The number of aliphatic hydroxyl groups is 1. The molecule has 1 atom stereocenters. The topological polar surface area (TPSA) is 70.8 Å². The number of likely N-dealkylation sites (tertiary alicyclic amines) is 1.